The highest BCUT2D eigenvalue weighted by molar-refractivity contribution is 9.12. The molecule has 0 bridgehead atoms. The third-order valence-corrected chi connectivity index (χ3v) is 2.17. The summed E-state index contributed by atoms with van der Waals surface area (Å²) in [6.45, 7) is 0.145. The number of hydrogen-bond donors (Lipinski definition) is 0. The van der Waals surface area contributed by atoms with Gasteiger partial charge in [-0.25, -0.2) is 0 Å². The van der Waals surface area contributed by atoms with Crippen molar-refractivity contribution < 1.29 is 14.6 Å². The molecule has 1 aromatic carbocycles. The van der Waals surface area contributed by atoms with Crippen LogP contribution in [0.1, 0.15) is 5.56 Å². The largest absolute Gasteiger partial charge is 0.364 e. The van der Waals surface area contributed by atoms with Gasteiger partial charge < -0.3 is 4.74 Å². The quantitative estimate of drug-likeness (QED) is 0.360. The average molecular weight is 315 g/mol. The van der Waals surface area contributed by atoms with Gasteiger partial charge in [-0.05, 0) is 10.4 Å². The Morgan fingerprint density at radius 3 is 2.17 bits per heavy atom. The number of nitro benzene ring substituents is 2. The Kier molecular flexibility index (Phi) is 5.23. The lowest BCUT2D eigenvalue weighted by molar-refractivity contribution is -0.394. The summed E-state index contributed by atoms with van der Waals surface area (Å²) in [6.07, 6.45) is 0. The number of halogens is 1. The van der Waals surface area contributed by atoms with Crippen molar-refractivity contribution in [2.24, 2.45) is 0 Å². The van der Waals surface area contributed by atoms with Crippen molar-refractivity contribution in [1.29, 1.82) is 0 Å². The summed E-state index contributed by atoms with van der Waals surface area (Å²) in [7, 11) is 0. The Balaban J connectivity index is 2.91. The number of non-ortho nitro benzene ring substituents is 2. The molecule has 8 heteroatoms. The Morgan fingerprint density at radius 1 is 1.17 bits per heavy atom. The van der Waals surface area contributed by atoms with Crippen molar-refractivity contribution in [1.82, 2.24) is 0 Å². The molecule has 0 aliphatic rings. The number of ether oxygens (including phenoxy) is 1. The van der Waals surface area contributed by atoms with E-state index in [0.717, 1.165) is 6.07 Å². The fourth-order valence-corrected chi connectivity index (χ4v) is 1.31. The molecular formula is C10H7BrN2O5. The van der Waals surface area contributed by atoms with Gasteiger partial charge in [-0.2, -0.15) is 0 Å². The van der Waals surface area contributed by atoms with Crippen LogP contribution in [0.15, 0.2) is 18.2 Å². The molecule has 18 heavy (non-hydrogen) atoms. The molecule has 0 spiro atoms. The lowest BCUT2D eigenvalue weighted by Crippen LogP contribution is -1.98. The van der Waals surface area contributed by atoms with Gasteiger partial charge in [0.2, 0.25) is 0 Å². The Hall–Kier alpha value is -1.98. The third kappa shape index (κ3) is 4.12. The van der Waals surface area contributed by atoms with E-state index in [2.05, 4.69) is 26.7 Å². The molecule has 94 valence electrons. The molecule has 0 unspecified atom stereocenters. The maximum absolute atomic E-state index is 10.6. The minimum Gasteiger partial charge on any atom is -0.364 e. The predicted molar refractivity (Wildman–Crippen MR) is 66.1 cm³/mol. The van der Waals surface area contributed by atoms with Crippen LogP contribution < -0.4 is 0 Å². The molecule has 7 nitrogen and oxygen atoms in total. The van der Waals surface area contributed by atoms with Crippen molar-refractivity contribution in [3.8, 4) is 10.8 Å². The van der Waals surface area contributed by atoms with E-state index in [1.54, 1.807) is 0 Å². The summed E-state index contributed by atoms with van der Waals surface area (Å²) < 4.78 is 5.08. The van der Waals surface area contributed by atoms with E-state index in [0.29, 0.717) is 5.56 Å². The van der Waals surface area contributed by atoms with Crippen LogP contribution in [-0.4, -0.2) is 16.5 Å². The fraction of sp³-hybridized carbons (Fsp3) is 0.200. The van der Waals surface area contributed by atoms with E-state index in [1.807, 2.05) is 0 Å². The van der Waals surface area contributed by atoms with Crippen LogP contribution in [-0.2, 0) is 11.3 Å². The highest BCUT2D eigenvalue weighted by Crippen LogP contribution is 2.23. The van der Waals surface area contributed by atoms with Gasteiger partial charge in [-0.15, -0.1) is 0 Å². The second kappa shape index (κ2) is 6.68. The lowest BCUT2D eigenvalue weighted by Gasteiger charge is -2.01. The molecule has 0 saturated heterocycles. The van der Waals surface area contributed by atoms with Crippen LogP contribution in [0.25, 0.3) is 0 Å². The topological polar surface area (TPSA) is 95.5 Å². The third-order valence-electron chi connectivity index (χ3n) is 1.89. The van der Waals surface area contributed by atoms with Crippen molar-refractivity contribution in [3.05, 3.63) is 44.0 Å². The molecule has 1 rings (SSSR count). The first kappa shape index (κ1) is 14.1. The smallest absolute Gasteiger partial charge is 0.276 e. The molecule has 0 heterocycles. The number of nitro groups is 2. The van der Waals surface area contributed by atoms with Gasteiger partial charge in [0.25, 0.3) is 11.4 Å². The minimum atomic E-state index is -0.686. The second-order valence-electron chi connectivity index (χ2n) is 3.14. The molecule has 0 fully saturated rings. The molecule has 0 radical (unpaired) electrons. The SMILES string of the molecule is O=[N+]([O-])c1cc(COCC#CBr)cc([N+](=O)[O-])c1. The van der Waals surface area contributed by atoms with Crippen LogP contribution >= 0.6 is 15.9 Å². The molecule has 0 amide bonds. The maximum Gasteiger partial charge on any atom is 0.276 e. The van der Waals surface area contributed by atoms with Gasteiger partial charge >= 0.3 is 0 Å². The van der Waals surface area contributed by atoms with Gasteiger partial charge in [-0.3, -0.25) is 20.2 Å². The monoisotopic (exact) mass is 314 g/mol. The van der Waals surface area contributed by atoms with Gasteiger partial charge in [0.1, 0.15) is 6.61 Å². The first-order chi connectivity index (χ1) is 8.54. The number of hydrogen-bond acceptors (Lipinski definition) is 5. The Bertz CT molecular complexity index is 503. The van der Waals surface area contributed by atoms with E-state index in [1.165, 1.54) is 12.1 Å². The molecule has 1 aromatic rings. The summed E-state index contributed by atoms with van der Waals surface area (Å²) in [4.78, 5) is 22.3. The van der Waals surface area contributed by atoms with Crippen molar-refractivity contribution >= 4 is 27.3 Å². The second-order valence-corrected chi connectivity index (χ2v) is 3.53. The Labute approximate surface area is 110 Å². The van der Waals surface area contributed by atoms with E-state index < -0.39 is 9.85 Å². The number of benzene rings is 1. The summed E-state index contributed by atoms with van der Waals surface area (Å²) in [6, 6.07) is 3.37. The molecule has 0 aromatic heterocycles. The zero-order chi connectivity index (χ0) is 13.5. The van der Waals surface area contributed by atoms with Gasteiger partial charge in [0, 0.05) is 28.1 Å². The summed E-state index contributed by atoms with van der Waals surface area (Å²) in [5, 5.41) is 21.2. The average Bonchev–Trinajstić information content (AvgIpc) is 2.34. The summed E-state index contributed by atoms with van der Waals surface area (Å²) in [5.41, 5.74) is -0.323. The van der Waals surface area contributed by atoms with Crippen molar-refractivity contribution in [3.63, 3.8) is 0 Å². The molecule has 0 N–H and O–H groups in total. The summed E-state index contributed by atoms with van der Waals surface area (Å²) in [5.74, 6) is 2.57. The highest BCUT2D eigenvalue weighted by Gasteiger charge is 2.16. The van der Waals surface area contributed by atoms with Crippen molar-refractivity contribution in [2.45, 2.75) is 6.61 Å². The zero-order valence-electron chi connectivity index (χ0n) is 8.96. The normalized spacial score (nSPS) is 9.39. The zero-order valence-corrected chi connectivity index (χ0v) is 10.5. The first-order valence-electron chi connectivity index (χ1n) is 4.63. The fourth-order valence-electron chi connectivity index (χ4n) is 1.20. The molecule has 0 aliphatic carbocycles. The van der Waals surface area contributed by atoms with E-state index >= 15 is 0 Å². The first-order valence-corrected chi connectivity index (χ1v) is 5.43. The van der Waals surface area contributed by atoms with Crippen LogP contribution in [0.5, 0.6) is 0 Å². The van der Waals surface area contributed by atoms with E-state index in [9.17, 15) is 20.2 Å². The molecule has 0 saturated carbocycles. The van der Waals surface area contributed by atoms with Crippen LogP contribution in [0.3, 0.4) is 0 Å². The summed E-state index contributed by atoms with van der Waals surface area (Å²) >= 11 is 2.88. The Morgan fingerprint density at radius 2 is 1.72 bits per heavy atom. The van der Waals surface area contributed by atoms with E-state index in [4.69, 9.17) is 4.74 Å². The number of rotatable bonds is 5. The minimum absolute atomic E-state index is 0.0181. The van der Waals surface area contributed by atoms with E-state index in [-0.39, 0.29) is 24.6 Å². The number of nitrogens with zero attached hydrogens (tertiary/aromatic N) is 2. The maximum atomic E-state index is 10.6. The van der Waals surface area contributed by atoms with Crippen molar-refractivity contribution in [2.75, 3.05) is 6.61 Å². The predicted octanol–water partition coefficient (Wildman–Crippen LogP) is 2.38. The molecule has 0 aliphatic heterocycles. The standard InChI is InChI=1S/C10H7BrN2O5/c11-2-1-3-18-7-8-4-9(12(14)15)6-10(5-8)13(16)17/h4-6H,3,7H2. The highest BCUT2D eigenvalue weighted by atomic mass is 79.9. The lowest BCUT2D eigenvalue weighted by atomic mass is 10.2. The van der Waals surface area contributed by atoms with Crippen LogP contribution in [0.4, 0.5) is 11.4 Å². The van der Waals surface area contributed by atoms with Crippen LogP contribution in [0.2, 0.25) is 0 Å². The van der Waals surface area contributed by atoms with Gasteiger partial charge in [-0.1, -0.05) is 5.92 Å². The molecular weight excluding hydrogens is 308 g/mol. The van der Waals surface area contributed by atoms with Gasteiger partial charge in [0.05, 0.1) is 22.5 Å². The molecule has 0 atom stereocenters. The van der Waals surface area contributed by atoms with Gasteiger partial charge in [0.15, 0.2) is 0 Å². The van der Waals surface area contributed by atoms with Crippen LogP contribution in [0, 0.1) is 31.0 Å².